The van der Waals surface area contributed by atoms with Crippen molar-refractivity contribution in [1.29, 1.82) is 0 Å². The first-order valence-corrected chi connectivity index (χ1v) is 5.18. The topological polar surface area (TPSA) is 51.8 Å². The van der Waals surface area contributed by atoms with Gasteiger partial charge in [-0.25, -0.2) is 0 Å². The molecule has 0 unspecified atom stereocenters. The third kappa shape index (κ3) is 1.71. The molecule has 1 aromatic carbocycles. The molecular weight excluding hydrogens is 250 g/mol. The molecule has 1 aromatic heterocycles. The second-order valence-corrected chi connectivity index (χ2v) is 4.07. The minimum absolute atomic E-state index is 0.491. The van der Waals surface area contributed by atoms with Crippen molar-refractivity contribution in [1.82, 2.24) is 9.36 Å². The molecule has 0 aliphatic heterocycles. The van der Waals surface area contributed by atoms with E-state index in [9.17, 15) is 0 Å². The lowest BCUT2D eigenvalue weighted by molar-refractivity contribution is 1.32. The first-order valence-electron chi connectivity index (χ1n) is 3.61. The summed E-state index contributed by atoms with van der Waals surface area (Å²) >= 11 is 4.63. The monoisotopic (exact) mass is 255 g/mol. The Bertz CT molecular complexity index is 427. The van der Waals surface area contributed by atoms with Gasteiger partial charge in [-0.15, -0.1) is 0 Å². The van der Waals surface area contributed by atoms with Crippen LogP contribution in [0, 0.1) is 0 Å². The molecule has 5 heteroatoms. The smallest absolute Gasteiger partial charge is 0.200 e. The van der Waals surface area contributed by atoms with Gasteiger partial charge in [0.15, 0.2) is 11.0 Å². The largest absolute Gasteiger partial charge is 0.374 e. The second-order valence-electron chi connectivity index (χ2n) is 2.44. The van der Waals surface area contributed by atoms with Gasteiger partial charge < -0.3 is 5.73 Å². The molecule has 0 aliphatic rings. The molecule has 0 bridgehead atoms. The van der Waals surface area contributed by atoms with E-state index in [1.54, 1.807) is 0 Å². The van der Waals surface area contributed by atoms with Gasteiger partial charge in [-0.05, 0) is 6.07 Å². The zero-order valence-corrected chi connectivity index (χ0v) is 8.97. The van der Waals surface area contributed by atoms with E-state index >= 15 is 0 Å². The van der Waals surface area contributed by atoms with Gasteiger partial charge >= 0.3 is 0 Å². The molecule has 0 saturated heterocycles. The van der Waals surface area contributed by atoms with Gasteiger partial charge in [0.25, 0.3) is 0 Å². The number of nitrogens with zero attached hydrogens (tertiary/aromatic N) is 2. The molecule has 3 nitrogen and oxygen atoms in total. The van der Waals surface area contributed by atoms with E-state index in [0.717, 1.165) is 10.0 Å². The van der Waals surface area contributed by atoms with Crippen LogP contribution in [0.4, 0.5) is 5.13 Å². The molecular formula is C8H6BrN3S. The van der Waals surface area contributed by atoms with Gasteiger partial charge in [-0.3, -0.25) is 0 Å². The quantitative estimate of drug-likeness (QED) is 0.853. The van der Waals surface area contributed by atoms with Crippen LogP contribution in [0.1, 0.15) is 0 Å². The Hall–Kier alpha value is -0.940. The second kappa shape index (κ2) is 3.43. The van der Waals surface area contributed by atoms with E-state index in [2.05, 4.69) is 25.3 Å². The Morgan fingerprint density at radius 3 is 2.69 bits per heavy atom. The van der Waals surface area contributed by atoms with Crippen LogP contribution >= 0.6 is 27.5 Å². The molecule has 1 heterocycles. The molecule has 0 saturated carbocycles. The predicted molar refractivity (Wildman–Crippen MR) is 57.5 cm³/mol. The number of hydrogen-bond acceptors (Lipinski definition) is 4. The van der Waals surface area contributed by atoms with Crippen LogP contribution in [0.2, 0.25) is 0 Å². The van der Waals surface area contributed by atoms with Crippen molar-refractivity contribution in [2.75, 3.05) is 5.73 Å². The Labute approximate surface area is 87.9 Å². The van der Waals surface area contributed by atoms with E-state index in [0.29, 0.717) is 11.0 Å². The van der Waals surface area contributed by atoms with Gasteiger partial charge in [-0.1, -0.05) is 34.1 Å². The van der Waals surface area contributed by atoms with Crippen molar-refractivity contribution < 1.29 is 0 Å². The number of rotatable bonds is 1. The molecule has 0 radical (unpaired) electrons. The molecule has 0 amide bonds. The van der Waals surface area contributed by atoms with E-state index < -0.39 is 0 Å². The number of halogens is 1. The van der Waals surface area contributed by atoms with Crippen molar-refractivity contribution in [3.05, 3.63) is 28.7 Å². The number of nitrogens with two attached hydrogens (primary N) is 1. The molecule has 0 aliphatic carbocycles. The highest BCUT2D eigenvalue weighted by Gasteiger charge is 2.06. The van der Waals surface area contributed by atoms with Crippen LogP contribution in [0.25, 0.3) is 11.4 Å². The number of anilines is 1. The molecule has 2 aromatic rings. The minimum atomic E-state index is 0.491. The molecule has 0 atom stereocenters. The standard InChI is InChI=1S/C8H6BrN3S/c9-6-4-2-1-3-5(6)7-11-8(10)13-12-7/h1-4H,(H2,10,11,12). The fourth-order valence-electron chi connectivity index (χ4n) is 0.987. The average Bonchev–Trinajstić information content (AvgIpc) is 2.53. The summed E-state index contributed by atoms with van der Waals surface area (Å²) in [4.78, 5) is 4.10. The van der Waals surface area contributed by atoms with Crippen LogP contribution < -0.4 is 5.73 Å². The van der Waals surface area contributed by atoms with Gasteiger partial charge in [0, 0.05) is 21.6 Å². The molecule has 13 heavy (non-hydrogen) atoms. The summed E-state index contributed by atoms with van der Waals surface area (Å²) in [6.45, 7) is 0. The summed E-state index contributed by atoms with van der Waals surface area (Å²) in [7, 11) is 0. The number of benzene rings is 1. The maximum Gasteiger partial charge on any atom is 0.200 e. The number of nitrogen functional groups attached to an aromatic ring is 1. The summed E-state index contributed by atoms with van der Waals surface area (Å²) in [5.74, 6) is 0.676. The maximum absolute atomic E-state index is 5.50. The van der Waals surface area contributed by atoms with Crippen molar-refractivity contribution in [3.63, 3.8) is 0 Å². The van der Waals surface area contributed by atoms with Crippen LogP contribution in [0.5, 0.6) is 0 Å². The van der Waals surface area contributed by atoms with Crippen LogP contribution in [-0.2, 0) is 0 Å². The SMILES string of the molecule is Nc1nc(-c2ccccc2Br)ns1. The summed E-state index contributed by atoms with van der Waals surface area (Å²) in [6.07, 6.45) is 0. The summed E-state index contributed by atoms with van der Waals surface area (Å²) in [5.41, 5.74) is 6.46. The van der Waals surface area contributed by atoms with Gasteiger partial charge in [-0.2, -0.15) is 9.36 Å². The summed E-state index contributed by atoms with van der Waals surface area (Å²) < 4.78 is 5.10. The van der Waals surface area contributed by atoms with Gasteiger partial charge in [0.2, 0.25) is 0 Å². The molecule has 2 rings (SSSR count). The van der Waals surface area contributed by atoms with Crippen molar-refractivity contribution in [3.8, 4) is 11.4 Å². The van der Waals surface area contributed by atoms with E-state index in [-0.39, 0.29) is 0 Å². The molecule has 2 N–H and O–H groups in total. The van der Waals surface area contributed by atoms with Crippen LogP contribution in [-0.4, -0.2) is 9.36 Å². The normalized spacial score (nSPS) is 10.2. The van der Waals surface area contributed by atoms with Gasteiger partial charge in [0.05, 0.1) is 0 Å². The summed E-state index contributed by atoms with van der Waals surface area (Å²) in [5, 5.41) is 0.491. The lowest BCUT2D eigenvalue weighted by Crippen LogP contribution is -1.84. The third-order valence-electron chi connectivity index (χ3n) is 1.56. The Morgan fingerprint density at radius 1 is 1.31 bits per heavy atom. The molecule has 0 spiro atoms. The Balaban J connectivity index is 2.52. The number of hydrogen-bond donors (Lipinski definition) is 1. The maximum atomic E-state index is 5.50. The fourth-order valence-corrected chi connectivity index (χ4v) is 1.90. The van der Waals surface area contributed by atoms with Crippen molar-refractivity contribution in [2.45, 2.75) is 0 Å². The van der Waals surface area contributed by atoms with E-state index in [1.165, 1.54) is 11.5 Å². The highest BCUT2D eigenvalue weighted by molar-refractivity contribution is 9.10. The zero-order valence-electron chi connectivity index (χ0n) is 6.57. The van der Waals surface area contributed by atoms with Crippen molar-refractivity contribution >= 4 is 32.6 Å². The van der Waals surface area contributed by atoms with E-state index in [1.807, 2.05) is 24.3 Å². The first-order chi connectivity index (χ1) is 6.27. The lowest BCUT2D eigenvalue weighted by Gasteiger charge is -1.96. The third-order valence-corrected chi connectivity index (χ3v) is 2.79. The van der Waals surface area contributed by atoms with Crippen molar-refractivity contribution in [2.24, 2.45) is 0 Å². The molecule has 0 fully saturated rings. The highest BCUT2D eigenvalue weighted by atomic mass is 79.9. The van der Waals surface area contributed by atoms with Crippen LogP contribution in [0.3, 0.4) is 0 Å². The molecule has 66 valence electrons. The lowest BCUT2D eigenvalue weighted by atomic mass is 10.2. The highest BCUT2D eigenvalue weighted by Crippen LogP contribution is 2.26. The fraction of sp³-hybridized carbons (Fsp3) is 0. The minimum Gasteiger partial charge on any atom is -0.374 e. The van der Waals surface area contributed by atoms with Gasteiger partial charge in [0.1, 0.15) is 0 Å². The Morgan fingerprint density at radius 2 is 2.08 bits per heavy atom. The number of aromatic nitrogens is 2. The predicted octanol–water partition coefficient (Wildman–Crippen LogP) is 2.55. The summed E-state index contributed by atoms with van der Waals surface area (Å²) in [6, 6.07) is 7.79. The first kappa shape index (κ1) is 8.65. The average molecular weight is 256 g/mol. The zero-order chi connectivity index (χ0) is 9.26. The van der Waals surface area contributed by atoms with E-state index in [4.69, 9.17) is 5.73 Å². The Kier molecular flexibility index (Phi) is 2.28. The van der Waals surface area contributed by atoms with Crippen LogP contribution in [0.15, 0.2) is 28.7 Å².